The van der Waals surface area contributed by atoms with E-state index in [2.05, 4.69) is 15.1 Å². The summed E-state index contributed by atoms with van der Waals surface area (Å²) in [6.45, 7) is 12.4. The Hall–Kier alpha value is -2.37. The van der Waals surface area contributed by atoms with E-state index >= 15 is 0 Å². The van der Waals surface area contributed by atoms with Gasteiger partial charge in [-0.3, -0.25) is 0 Å². The maximum Gasteiger partial charge on any atom is 0.410 e. The Labute approximate surface area is 200 Å². The van der Waals surface area contributed by atoms with E-state index < -0.39 is 5.60 Å². The van der Waals surface area contributed by atoms with Gasteiger partial charge in [-0.05, 0) is 52.3 Å². The molecule has 0 radical (unpaired) electrons. The van der Waals surface area contributed by atoms with E-state index in [0.717, 1.165) is 22.8 Å². The zero-order valence-electron chi connectivity index (χ0n) is 18.8. The van der Waals surface area contributed by atoms with Crippen LogP contribution in [0.25, 0.3) is 5.82 Å². The van der Waals surface area contributed by atoms with E-state index in [1.807, 2.05) is 62.4 Å². The molecule has 10 heteroatoms. The molecule has 0 spiro atoms. The molecule has 0 saturated carbocycles. The van der Waals surface area contributed by atoms with E-state index in [4.69, 9.17) is 10.5 Å². The summed E-state index contributed by atoms with van der Waals surface area (Å²) in [4.78, 5) is 24.8. The third kappa shape index (κ3) is 6.81. The van der Waals surface area contributed by atoms with E-state index in [-0.39, 0.29) is 30.1 Å². The number of carbonyl (C=O) groups is 1. The van der Waals surface area contributed by atoms with Gasteiger partial charge in [0.15, 0.2) is 11.8 Å². The zero-order chi connectivity index (χ0) is 21.9. The average molecular weight is 541 g/mol. The second-order valence-corrected chi connectivity index (χ2v) is 8.49. The Balaban J connectivity index is 0.00000341. The number of amides is 1. The molecule has 1 aliphatic rings. The van der Waals surface area contributed by atoms with Gasteiger partial charge in [0.2, 0.25) is 0 Å². The lowest BCUT2D eigenvalue weighted by atomic mass is 10.2. The van der Waals surface area contributed by atoms with Crippen LogP contribution in [0.5, 0.6) is 0 Å². The van der Waals surface area contributed by atoms with Crippen LogP contribution in [0.2, 0.25) is 0 Å². The SMILES string of the molecule is Cc1cc(C)n(-c2ccc(CN=C(N)N3CCN(C(=O)OC(C)(C)C)CC3)cn2)n1.I. The quantitative estimate of drug-likeness (QED) is 0.365. The second-order valence-electron chi connectivity index (χ2n) is 8.49. The van der Waals surface area contributed by atoms with Crippen LogP contribution in [0.15, 0.2) is 29.4 Å². The normalized spacial score (nSPS) is 14.9. The summed E-state index contributed by atoms with van der Waals surface area (Å²) >= 11 is 0. The van der Waals surface area contributed by atoms with Crippen molar-refractivity contribution in [1.29, 1.82) is 0 Å². The van der Waals surface area contributed by atoms with Crippen molar-refractivity contribution in [2.45, 2.75) is 46.8 Å². The van der Waals surface area contributed by atoms with Crippen molar-refractivity contribution in [2.24, 2.45) is 10.7 Å². The van der Waals surface area contributed by atoms with Crippen molar-refractivity contribution in [3.8, 4) is 5.82 Å². The maximum atomic E-state index is 12.2. The third-order valence-corrected chi connectivity index (χ3v) is 4.71. The first-order valence-corrected chi connectivity index (χ1v) is 10.1. The smallest absolute Gasteiger partial charge is 0.410 e. The molecule has 1 amide bonds. The molecule has 1 saturated heterocycles. The largest absolute Gasteiger partial charge is 0.444 e. The predicted molar refractivity (Wildman–Crippen MR) is 131 cm³/mol. The predicted octanol–water partition coefficient (Wildman–Crippen LogP) is 2.87. The van der Waals surface area contributed by atoms with Crippen LogP contribution in [0.1, 0.15) is 37.7 Å². The molecule has 0 atom stereocenters. The van der Waals surface area contributed by atoms with E-state index in [1.165, 1.54) is 0 Å². The van der Waals surface area contributed by atoms with Crippen LogP contribution in [-0.4, -0.2) is 68.4 Å². The Morgan fingerprint density at radius 3 is 2.32 bits per heavy atom. The van der Waals surface area contributed by atoms with Crippen molar-refractivity contribution in [1.82, 2.24) is 24.6 Å². The lowest BCUT2D eigenvalue weighted by Crippen LogP contribution is -2.53. The number of halogens is 1. The number of pyridine rings is 1. The van der Waals surface area contributed by atoms with Gasteiger partial charge in [-0.15, -0.1) is 24.0 Å². The van der Waals surface area contributed by atoms with Crippen LogP contribution in [0.4, 0.5) is 4.79 Å². The molecule has 9 nitrogen and oxygen atoms in total. The number of nitrogens with zero attached hydrogens (tertiary/aromatic N) is 6. The molecule has 2 N–H and O–H groups in total. The number of ether oxygens (including phenoxy) is 1. The number of hydrogen-bond acceptors (Lipinski definition) is 5. The minimum Gasteiger partial charge on any atom is -0.444 e. The summed E-state index contributed by atoms with van der Waals surface area (Å²) in [5.41, 5.74) is 8.65. The molecule has 3 heterocycles. The van der Waals surface area contributed by atoms with Gasteiger partial charge < -0.3 is 20.3 Å². The molecule has 31 heavy (non-hydrogen) atoms. The Kier molecular flexibility index (Phi) is 8.27. The standard InChI is InChI=1S/C21H31N7O2.HI/c1-15-12-16(2)28(25-15)18-7-6-17(13-23-18)14-24-19(22)26-8-10-27(11-9-26)20(29)30-21(3,4)5;/h6-7,12-13H,8-11,14H2,1-5H3,(H2,22,24);1H. The van der Waals surface area contributed by atoms with E-state index in [1.54, 1.807) is 11.1 Å². The first kappa shape index (κ1) is 24.9. The van der Waals surface area contributed by atoms with Crippen LogP contribution in [0, 0.1) is 13.8 Å². The highest BCUT2D eigenvalue weighted by molar-refractivity contribution is 14.0. The summed E-state index contributed by atoms with van der Waals surface area (Å²) in [6.07, 6.45) is 1.51. The number of nitrogens with two attached hydrogens (primary N) is 1. The zero-order valence-corrected chi connectivity index (χ0v) is 21.2. The minimum absolute atomic E-state index is 0. The number of guanidine groups is 1. The Morgan fingerprint density at radius 1 is 1.16 bits per heavy atom. The first-order chi connectivity index (χ1) is 14.1. The highest BCUT2D eigenvalue weighted by Crippen LogP contribution is 2.13. The van der Waals surface area contributed by atoms with Gasteiger partial charge in [0.05, 0.1) is 12.2 Å². The Bertz CT molecular complexity index is 911. The van der Waals surface area contributed by atoms with Crippen molar-refractivity contribution >= 4 is 36.0 Å². The number of piperazine rings is 1. The molecular formula is C21H32IN7O2. The molecule has 0 aliphatic carbocycles. The highest BCUT2D eigenvalue weighted by atomic mass is 127. The molecule has 2 aromatic rings. The van der Waals surface area contributed by atoms with Gasteiger partial charge >= 0.3 is 6.09 Å². The fourth-order valence-corrected chi connectivity index (χ4v) is 3.21. The molecule has 1 aliphatic heterocycles. The molecule has 0 unspecified atom stereocenters. The van der Waals surface area contributed by atoms with Gasteiger partial charge in [0.25, 0.3) is 0 Å². The van der Waals surface area contributed by atoms with Gasteiger partial charge in [0.1, 0.15) is 5.60 Å². The third-order valence-electron chi connectivity index (χ3n) is 4.71. The van der Waals surface area contributed by atoms with Gasteiger partial charge in [-0.25, -0.2) is 19.5 Å². The number of rotatable bonds is 3. The first-order valence-electron chi connectivity index (χ1n) is 10.1. The fraction of sp³-hybridized carbons (Fsp3) is 0.524. The van der Waals surface area contributed by atoms with Crippen LogP contribution in [-0.2, 0) is 11.3 Å². The molecular weight excluding hydrogens is 509 g/mol. The maximum absolute atomic E-state index is 12.2. The molecule has 1 fully saturated rings. The van der Waals surface area contributed by atoms with Gasteiger partial charge in [-0.2, -0.15) is 5.10 Å². The van der Waals surface area contributed by atoms with Crippen molar-refractivity contribution in [2.75, 3.05) is 26.2 Å². The number of aryl methyl sites for hydroxylation is 2. The summed E-state index contributed by atoms with van der Waals surface area (Å²) < 4.78 is 7.24. The van der Waals surface area contributed by atoms with Gasteiger partial charge in [0, 0.05) is 38.1 Å². The number of hydrogen-bond donors (Lipinski definition) is 1. The minimum atomic E-state index is -0.493. The van der Waals surface area contributed by atoms with E-state index in [0.29, 0.717) is 38.7 Å². The molecule has 3 rings (SSSR count). The van der Waals surface area contributed by atoms with Crippen LogP contribution < -0.4 is 5.73 Å². The summed E-state index contributed by atoms with van der Waals surface area (Å²) in [5.74, 6) is 1.25. The van der Waals surface area contributed by atoms with Crippen molar-refractivity contribution in [3.05, 3.63) is 41.3 Å². The summed E-state index contributed by atoms with van der Waals surface area (Å²) in [5, 5.41) is 4.45. The van der Waals surface area contributed by atoms with Crippen LogP contribution >= 0.6 is 24.0 Å². The number of aliphatic imine (C=N–C) groups is 1. The monoisotopic (exact) mass is 541 g/mol. The number of aromatic nitrogens is 3. The number of carbonyl (C=O) groups excluding carboxylic acids is 1. The Morgan fingerprint density at radius 2 is 1.81 bits per heavy atom. The lowest BCUT2D eigenvalue weighted by Gasteiger charge is -2.36. The lowest BCUT2D eigenvalue weighted by molar-refractivity contribution is 0.0186. The highest BCUT2D eigenvalue weighted by Gasteiger charge is 2.26. The van der Waals surface area contributed by atoms with Crippen molar-refractivity contribution < 1.29 is 9.53 Å². The summed E-state index contributed by atoms with van der Waals surface area (Å²) in [6, 6.07) is 5.93. The molecule has 2 aromatic heterocycles. The second kappa shape index (κ2) is 10.3. The van der Waals surface area contributed by atoms with Gasteiger partial charge in [-0.1, -0.05) is 6.07 Å². The topological polar surface area (TPSA) is 102 Å². The van der Waals surface area contributed by atoms with E-state index in [9.17, 15) is 4.79 Å². The molecule has 0 aromatic carbocycles. The summed E-state index contributed by atoms with van der Waals surface area (Å²) in [7, 11) is 0. The molecule has 0 bridgehead atoms. The van der Waals surface area contributed by atoms with Crippen molar-refractivity contribution in [3.63, 3.8) is 0 Å². The fourth-order valence-electron chi connectivity index (χ4n) is 3.21. The average Bonchev–Trinajstić information content (AvgIpc) is 3.03. The van der Waals surface area contributed by atoms with Crippen LogP contribution in [0.3, 0.4) is 0 Å². The molecule has 170 valence electrons.